The standard InChI is InChI=1S/C11H14N2/c1-9(2)13-8-11-6-4-3-5-10(11)7-12/h3-9,12H,1-2H3. The molecule has 0 bridgehead atoms. The van der Waals surface area contributed by atoms with Crippen LogP contribution in [0.15, 0.2) is 29.3 Å². The van der Waals surface area contributed by atoms with Crippen molar-refractivity contribution in [1.29, 1.82) is 5.41 Å². The predicted molar refractivity (Wildman–Crippen MR) is 57.1 cm³/mol. The molecule has 0 unspecified atom stereocenters. The summed E-state index contributed by atoms with van der Waals surface area (Å²) in [7, 11) is 0. The minimum Gasteiger partial charge on any atom is -0.308 e. The van der Waals surface area contributed by atoms with Gasteiger partial charge in [-0.15, -0.1) is 0 Å². The highest BCUT2D eigenvalue weighted by Gasteiger charge is 1.94. The zero-order chi connectivity index (χ0) is 9.68. The molecule has 0 spiro atoms. The van der Waals surface area contributed by atoms with E-state index in [-0.39, 0.29) is 0 Å². The summed E-state index contributed by atoms with van der Waals surface area (Å²) in [6.07, 6.45) is 3.17. The van der Waals surface area contributed by atoms with Crippen LogP contribution < -0.4 is 0 Å². The van der Waals surface area contributed by atoms with Crippen molar-refractivity contribution in [3.05, 3.63) is 35.4 Å². The van der Waals surface area contributed by atoms with E-state index >= 15 is 0 Å². The number of hydrogen-bond donors (Lipinski definition) is 1. The molecule has 0 aliphatic heterocycles. The zero-order valence-corrected chi connectivity index (χ0v) is 7.99. The van der Waals surface area contributed by atoms with Crippen LogP contribution >= 0.6 is 0 Å². The molecule has 13 heavy (non-hydrogen) atoms. The maximum atomic E-state index is 7.18. The quantitative estimate of drug-likeness (QED) is 0.683. The number of rotatable bonds is 3. The molecular weight excluding hydrogens is 160 g/mol. The van der Waals surface area contributed by atoms with E-state index in [0.717, 1.165) is 11.1 Å². The fraction of sp³-hybridized carbons (Fsp3) is 0.273. The van der Waals surface area contributed by atoms with Crippen molar-refractivity contribution >= 4 is 12.4 Å². The Bertz CT molecular complexity index is 314. The first-order valence-corrected chi connectivity index (χ1v) is 4.36. The van der Waals surface area contributed by atoms with Crippen LogP contribution in [0.25, 0.3) is 0 Å². The van der Waals surface area contributed by atoms with Gasteiger partial charge in [0, 0.05) is 29.6 Å². The van der Waals surface area contributed by atoms with Gasteiger partial charge in [0.2, 0.25) is 0 Å². The number of nitrogens with zero attached hydrogens (tertiary/aromatic N) is 1. The molecule has 0 aromatic heterocycles. The van der Waals surface area contributed by atoms with E-state index in [1.807, 2.05) is 44.3 Å². The fourth-order valence-corrected chi connectivity index (χ4v) is 0.989. The van der Waals surface area contributed by atoms with Crippen LogP contribution in [-0.2, 0) is 0 Å². The average Bonchev–Trinajstić information content (AvgIpc) is 2.15. The molecule has 2 heteroatoms. The lowest BCUT2D eigenvalue weighted by Crippen LogP contribution is -1.94. The van der Waals surface area contributed by atoms with E-state index in [2.05, 4.69) is 4.99 Å². The van der Waals surface area contributed by atoms with Crippen molar-refractivity contribution in [1.82, 2.24) is 0 Å². The van der Waals surface area contributed by atoms with Crippen molar-refractivity contribution in [2.24, 2.45) is 4.99 Å². The summed E-state index contributed by atoms with van der Waals surface area (Å²) in [5.74, 6) is 0. The van der Waals surface area contributed by atoms with Crippen LogP contribution in [-0.4, -0.2) is 18.5 Å². The van der Waals surface area contributed by atoms with E-state index in [1.165, 1.54) is 6.21 Å². The lowest BCUT2D eigenvalue weighted by Gasteiger charge is -1.99. The first-order valence-electron chi connectivity index (χ1n) is 4.36. The summed E-state index contributed by atoms with van der Waals surface area (Å²) < 4.78 is 0. The summed E-state index contributed by atoms with van der Waals surface area (Å²) in [5, 5.41) is 7.18. The van der Waals surface area contributed by atoms with Gasteiger partial charge >= 0.3 is 0 Å². The Labute approximate surface area is 78.8 Å². The third-order valence-corrected chi connectivity index (χ3v) is 1.66. The van der Waals surface area contributed by atoms with Crippen LogP contribution in [0.4, 0.5) is 0 Å². The van der Waals surface area contributed by atoms with Crippen LogP contribution in [0.2, 0.25) is 0 Å². The molecule has 1 aromatic rings. The summed E-state index contributed by atoms with van der Waals surface area (Å²) in [5.41, 5.74) is 1.91. The fourth-order valence-electron chi connectivity index (χ4n) is 0.989. The summed E-state index contributed by atoms with van der Waals surface area (Å²) in [6.45, 7) is 4.06. The third-order valence-electron chi connectivity index (χ3n) is 1.66. The second kappa shape index (κ2) is 4.55. The largest absolute Gasteiger partial charge is 0.308 e. The average molecular weight is 174 g/mol. The minimum atomic E-state index is 0.304. The van der Waals surface area contributed by atoms with Crippen molar-refractivity contribution in [2.75, 3.05) is 0 Å². The topological polar surface area (TPSA) is 36.2 Å². The molecule has 2 nitrogen and oxygen atoms in total. The van der Waals surface area contributed by atoms with Gasteiger partial charge in [-0.1, -0.05) is 24.3 Å². The molecule has 0 saturated carbocycles. The van der Waals surface area contributed by atoms with Crippen LogP contribution in [0.3, 0.4) is 0 Å². The van der Waals surface area contributed by atoms with Crippen molar-refractivity contribution < 1.29 is 0 Å². The molecule has 1 aromatic carbocycles. The summed E-state index contributed by atoms with van der Waals surface area (Å²) in [6, 6.07) is 8.06. The van der Waals surface area contributed by atoms with Gasteiger partial charge in [-0.2, -0.15) is 0 Å². The monoisotopic (exact) mass is 174 g/mol. The van der Waals surface area contributed by atoms with Crippen molar-refractivity contribution in [2.45, 2.75) is 19.9 Å². The minimum absolute atomic E-state index is 0.304. The molecule has 0 saturated heterocycles. The van der Waals surface area contributed by atoms with Gasteiger partial charge in [0.05, 0.1) is 0 Å². The zero-order valence-electron chi connectivity index (χ0n) is 7.99. The number of nitrogens with one attached hydrogen (secondary N) is 1. The molecule has 0 amide bonds. The highest BCUT2D eigenvalue weighted by Crippen LogP contribution is 2.03. The van der Waals surface area contributed by atoms with Gasteiger partial charge in [0.25, 0.3) is 0 Å². The lowest BCUT2D eigenvalue weighted by atomic mass is 10.1. The van der Waals surface area contributed by atoms with Crippen molar-refractivity contribution in [3.63, 3.8) is 0 Å². The number of aliphatic imine (C=N–C) groups is 1. The maximum absolute atomic E-state index is 7.18. The Hall–Kier alpha value is -1.44. The molecule has 1 rings (SSSR count). The Kier molecular flexibility index (Phi) is 3.38. The first-order chi connectivity index (χ1) is 6.24. The van der Waals surface area contributed by atoms with E-state index in [1.54, 1.807) is 0 Å². The molecule has 0 fully saturated rings. The summed E-state index contributed by atoms with van der Waals surface area (Å²) >= 11 is 0. The predicted octanol–water partition coefficient (Wildman–Crippen LogP) is 2.51. The van der Waals surface area contributed by atoms with Gasteiger partial charge in [-0.25, -0.2) is 0 Å². The number of hydrogen-bond acceptors (Lipinski definition) is 2. The molecule has 0 aliphatic rings. The SMILES string of the molecule is CC(C)N=Cc1ccccc1C=N. The molecule has 0 radical (unpaired) electrons. The Morgan fingerprint density at radius 3 is 2.38 bits per heavy atom. The van der Waals surface area contributed by atoms with Gasteiger partial charge in [0.15, 0.2) is 0 Å². The summed E-state index contributed by atoms with van der Waals surface area (Å²) in [4.78, 5) is 4.28. The second-order valence-electron chi connectivity index (χ2n) is 3.15. The third kappa shape index (κ3) is 2.82. The molecule has 1 N–H and O–H groups in total. The Balaban J connectivity index is 2.93. The van der Waals surface area contributed by atoms with E-state index < -0.39 is 0 Å². The Morgan fingerprint density at radius 2 is 1.85 bits per heavy atom. The van der Waals surface area contributed by atoms with E-state index in [9.17, 15) is 0 Å². The highest BCUT2D eigenvalue weighted by atomic mass is 14.7. The smallest absolute Gasteiger partial charge is 0.0443 e. The molecule has 0 heterocycles. The van der Waals surface area contributed by atoms with Crippen molar-refractivity contribution in [3.8, 4) is 0 Å². The molecule has 68 valence electrons. The van der Waals surface area contributed by atoms with Gasteiger partial charge in [-0.05, 0) is 13.8 Å². The van der Waals surface area contributed by atoms with Gasteiger partial charge < -0.3 is 5.41 Å². The number of benzene rings is 1. The van der Waals surface area contributed by atoms with Crippen LogP contribution in [0.5, 0.6) is 0 Å². The first kappa shape index (κ1) is 9.65. The van der Waals surface area contributed by atoms with Crippen LogP contribution in [0, 0.1) is 5.41 Å². The van der Waals surface area contributed by atoms with E-state index in [0.29, 0.717) is 6.04 Å². The van der Waals surface area contributed by atoms with Crippen LogP contribution in [0.1, 0.15) is 25.0 Å². The van der Waals surface area contributed by atoms with E-state index in [4.69, 9.17) is 5.41 Å². The lowest BCUT2D eigenvalue weighted by molar-refractivity contribution is 0.841. The maximum Gasteiger partial charge on any atom is 0.0443 e. The van der Waals surface area contributed by atoms with Gasteiger partial charge in [0.1, 0.15) is 0 Å². The Morgan fingerprint density at radius 1 is 1.23 bits per heavy atom. The highest BCUT2D eigenvalue weighted by molar-refractivity contribution is 5.93. The molecule has 0 atom stereocenters. The normalized spacial score (nSPS) is 11.0. The molecular formula is C11H14N2. The van der Waals surface area contributed by atoms with Gasteiger partial charge in [-0.3, -0.25) is 4.99 Å². The molecule has 0 aliphatic carbocycles. The second-order valence-corrected chi connectivity index (χ2v) is 3.15.